The van der Waals surface area contributed by atoms with Gasteiger partial charge in [-0.2, -0.15) is 5.10 Å². The van der Waals surface area contributed by atoms with E-state index >= 15 is 0 Å². The maximum atomic E-state index is 13.5. The second-order valence-corrected chi connectivity index (χ2v) is 5.19. The van der Waals surface area contributed by atoms with Crippen molar-refractivity contribution >= 4 is 22.8 Å². The highest BCUT2D eigenvalue weighted by Crippen LogP contribution is 2.25. The van der Waals surface area contributed by atoms with Crippen LogP contribution in [0.2, 0.25) is 0 Å². The zero-order valence-electron chi connectivity index (χ0n) is 11.6. The fourth-order valence-corrected chi connectivity index (χ4v) is 2.68. The van der Waals surface area contributed by atoms with Gasteiger partial charge in [-0.15, -0.1) is 11.6 Å². The van der Waals surface area contributed by atoms with Crippen LogP contribution in [0.1, 0.15) is 11.5 Å². The molecule has 2 aromatic heterocycles. The van der Waals surface area contributed by atoms with Crippen molar-refractivity contribution in [3.8, 4) is 5.69 Å². The number of hydrogen-bond acceptors (Lipinski definition) is 2. The van der Waals surface area contributed by atoms with Crippen LogP contribution in [-0.2, 0) is 13.5 Å². The fourth-order valence-electron chi connectivity index (χ4n) is 2.51. The molecule has 0 saturated heterocycles. The van der Waals surface area contributed by atoms with Crippen LogP contribution in [-0.4, -0.2) is 25.2 Å². The molecule has 3 aromatic rings. The molecule has 3 rings (SSSR count). The molecule has 0 unspecified atom stereocenters. The minimum atomic E-state index is -0.637. The summed E-state index contributed by atoms with van der Waals surface area (Å²) in [4.78, 5) is 4.51. The SMILES string of the molecule is Cc1nn(C)c2c1nc(CCCl)n2-c1cc(F)cc(F)c1. The minimum absolute atomic E-state index is 0.369. The Bertz CT molecular complexity index is 802. The van der Waals surface area contributed by atoms with E-state index in [4.69, 9.17) is 11.6 Å². The van der Waals surface area contributed by atoms with Gasteiger partial charge in [0.15, 0.2) is 5.65 Å². The van der Waals surface area contributed by atoms with Crippen molar-refractivity contribution < 1.29 is 8.78 Å². The van der Waals surface area contributed by atoms with Crippen molar-refractivity contribution in [2.75, 3.05) is 5.88 Å². The predicted molar refractivity (Wildman–Crippen MR) is 76.9 cm³/mol. The molecule has 2 heterocycles. The third-order valence-corrected chi connectivity index (χ3v) is 3.48. The first-order chi connectivity index (χ1) is 10.0. The van der Waals surface area contributed by atoms with Crippen LogP contribution in [0.25, 0.3) is 16.9 Å². The molecule has 1 aromatic carbocycles. The van der Waals surface area contributed by atoms with Crippen LogP contribution in [0.3, 0.4) is 0 Å². The Hall–Kier alpha value is -1.95. The van der Waals surface area contributed by atoms with Gasteiger partial charge in [-0.25, -0.2) is 18.4 Å². The van der Waals surface area contributed by atoms with Crippen LogP contribution in [0.5, 0.6) is 0 Å². The molecule has 7 heteroatoms. The molecular formula is C14H13ClF2N4. The number of nitrogens with zero attached hydrogens (tertiary/aromatic N) is 4. The lowest BCUT2D eigenvalue weighted by Gasteiger charge is -2.09. The van der Waals surface area contributed by atoms with E-state index in [-0.39, 0.29) is 0 Å². The maximum absolute atomic E-state index is 13.5. The number of imidazole rings is 1. The van der Waals surface area contributed by atoms with Gasteiger partial charge in [0.05, 0.1) is 11.4 Å². The lowest BCUT2D eigenvalue weighted by molar-refractivity contribution is 0.581. The quantitative estimate of drug-likeness (QED) is 0.697. The number of hydrogen-bond donors (Lipinski definition) is 0. The van der Waals surface area contributed by atoms with Gasteiger partial charge in [-0.3, -0.25) is 4.57 Å². The van der Waals surface area contributed by atoms with Crippen LogP contribution < -0.4 is 0 Å². The molecule has 0 bridgehead atoms. The first-order valence-corrected chi connectivity index (χ1v) is 6.98. The monoisotopic (exact) mass is 310 g/mol. The number of alkyl halides is 1. The Morgan fingerprint density at radius 1 is 1.19 bits per heavy atom. The topological polar surface area (TPSA) is 35.6 Å². The van der Waals surface area contributed by atoms with Gasteiger partial charge >= 0.3 is 0 Å². The maximum Gasteiger partial charge on any atom is 0.163 e. The third-order valence-electron chi connectivity index (χ3n) is 3.30. The summed E-state index contributed by atoms with van der Waals surface area (Å²) in [6.07, 6.45) is 0.494. The number of rotatable bonds is 3. The zero-order chi connectivity index (χ0) is 15.1. The van der Waals surface area contributed by atoms with Gasteiger partial charge in [-0.1, -0.05) is 0 Å². The minimum Gasteiger partial charge on any atom is -0.281 e. The molecule has 0 amide bonds. The average Bonchev–Trinajstić information content (AvgIpc) is 2.88. The van der Waals surface area contributed by atoms with Gasteiger partial charge in [0.2, 0.25) is 0 Å². The van der Waals surface area contributed by atoms with Gasteiger partial charge in [0.25, 0.3) is 0 Å². The summed E-state index contributed by atoms with van der Waals surface area (Å²) in [6.45, 7) is 1.84. The van der Waals surface area contributed by atoms with E-state index in [1.165, 1.54) is 12.1 Å². The normalized spacial score (nSPS) is 11.5. The fraction of sp³-hybridized carbons (Fsp3) is 0.286. The Morgan fingerprint density at radius 3 is 2.48 bits per heavy atom. The van der Waals surface area contributed by atoms with E-state index in [0.29, 0.717) is 35.0 Å². The molecule has 0 aliphatic heterocycles. The number of aryl methyl sites for hydroxylation is 3. The molecule has 110 valence electrons. The van der Waals surface area contributed by atoms with E-state index in [1.54, 1.807) is 16.3 Å². The second kappa shape index (κ2) is 5.11. The molecule has 0 spiro atoms. The van der Waals surface area contributed by atoms with Crippen LogP contribution in [0.15, 0.2) is 18.2 Å². The van der Waals surface area contributed by atoms with E-state index in [9.17, 15) is 8.78 Å². The van der Waals surface area contributed by atoms with E-state index in [1.807, 2.05) is 6.92 Å². The molecule has 0 aliphatic rings. The first kappa shape index (κ1) is 14.0. The lowest BCUT2D eigenvalue weighted by Crippen LogP contribution is -2.07. The van der Waals surface area contributed by atoms with Crippen molar-refractivity contribution in [3.05, 3.63) is 41.4 Å². The summed E-state index contributed by atoms with van der Waals surface area (Å²) >= 11 is 5.81. The van der Waals surface area contributed by atoms with Crippen LogP contribution >= 0.6 is 11.6 Å². The summed E-state index contributed by atoms with van der Waals surface area (Å²) in [5.41, 5.74) is 2.54. The standard InChI is InChI=1S/C14H13ClF2N4/c1-8-13-14(20(2)19-8)21(12(18-13)3-4-15)11-6-9(16)5-10(17)7-11/h5-7H,3-4H2,1-2H3. The van der Waals surface area contributed by atoms with Crippen molar-refractivity contribution in [3.63, 3.8) is 0 Å². The Kier molecular flexibility index (Phi) is 3.41. The second-order valence-electron chi connectivity index (χ2n) is 4.81. The smallest absolute Gasteiger partial charge is 0.163 e. The Labute approximate surface area is 125 Å². The first-order valence-electron chi connectivity index (χ1n) is 6.44. The van der Waals surface area contributed by atoms with Crippen LogP contribution in [0, 0.1) is 18.6 Å². The van der Waals surface area contributed by atoms with Gasteiger partial charge < -0.3 is 0 Å². The molecule has 0 N–H and O–H groups in total. The summed E-state index contributed by atoms with van der Waals surface area (Å²) < 4.78 is 30.4. The number of aromatic nitrogens is 4. The molecular weight excluding hydrogens is 298 g/mol. The summed E-state index contributed by atoms with van der Waals surface area (Å²) in [5.74, 6) is -0.251. The molecule has 21 heavy (non-hydrogen) atoms. The highest BCUT2D eigenvalue weighted by Gasteiger charge is 2.19. The van der Waals surface area contributed by atoms with Crippen molar-refractivity contribution in [2.24, 2.45) is 7.05 Å². The van der Waals surface area contributed by atoms with E-state index in [2.05, 4.69) is 10.1 Å². The largest absolute Gasteiger partial charge is 0.281 e. The van der Waals surface area contributed by atoms with Gasteiger partial charge in [-0.05, 0) is 19.1 Å². The lowest BCUT2D eigenvalue weighted by atomic mass is 10.3. The zero-order valence-corrected chi connectivity index (χ0v) is 12.3. The Balaban J connectivity index is 2.35. The molecule has 0 saturated carbocycles. The van der Waals surface area contributed by atoms with Crippen molar-refractivity contribution in [1.29, 1.82) is 0 Å². The average molecular weight is 311 g/mol. The molecule has 0 aliphatic carbocycles. The number of halogens is 3. The number of benzene rings is 1. The van der Waals surface area contributed by atoms with Crippen molar-refractivity contribution in [2.45, 2.75) is 13.3 Å². The predicted octanol–water partition coefficient (Wildman–Crippen LogP) is 3.13. The molecule has 0 radical (unpaired) electrons. The number of fused-ring (bicyclic) bond motifs is 1. The Morgan fingerprint density at radius 2 is 1.86 bits per heavy atom. The highest BCUT2D eigenvalue weighted by molar-refractivity contribution is 6.17. The third kappa shape index (κ3) is 2.29. The van der Waals surface area contributed by atoms with Crippen LogP contribution in [0.4, 0.5) is 8.78 Å². The molecule has 4 nitrogen and oxygen atoms in total. The summed E-state index contributed by atoms with van der Waals surface area (Å²) in [6, 6.07) is 3.38. The summed E-state index contributed by atoms with van der Waals surface area (Å²) in [5, 5.41) is 4.30. The molecule has 0 fully saturated rings. The van der Waals surface area contributed by atoms with E-state index in [0.717, 1.165) is 11.8 Å². The van der Waals surface area contributed by atoms with Gasteiger partial charge in [0, 0.05) is 25.4 Å². The van der Waals surface area contributed by atoms with Crippen molar-refractivity contribution in [1.82, 2.24) is 19.3 Å². The highest BCUT2D eigenvalue weighted by atomic mass is 35.5. The van der Waals surface area contributed by atoms with Gasteiger partial charge in [0.1, 0.15) is 23.0 Å². The summed E-state index contributed by atoms with van der Waals surface area (Å²) in [7, 11) is 1.77. The van der Waals surface area contributed by atoms with E-state index < -0.39 is 11.6 Å². The molecule has 0 atom stereocenters.